The Labute approximate surface area is 173 Å². The van der Waals surface area contributed by atoms with Crippen LogP contribution in [0.3, 0.4) is 0 Å². The Balaban J connectivity index is 1.69. The molecule has 1 amide bonds. The van der Waals surface area contributed by atoms with Gasteiger partial charge in [0.25, 0.3) is 5.56 Å². The molecule has 8 heteroatoms. The number of allylic oxidation sites excluding steroid dienone is 1. The van der Waals surface area contributed by atoms with Gasteiger partial charge in [-0.1, -0.05) is 36.9 Å². The lowest BCUT2D eigenvalue weighted by Crippen LogP contribution is -2.44. The summed E-state index contributed by atoms with van der Waals surface area (Å²) in [4.78, 5) is 27.7. The van der Waals surface area contributed by atoms with E-state index in [0.29, 0.717) is 34.7 Å². The van der Waals surface area contributed by atoms with Crippen molar-refractivity contribution in [1.82, 2.24) is 24.1 Å². The van der Waals surface area contributed by atoms with Crippen LogP contribution in [0.5, 0.6) is 0 Å². The van der Waals surface area contributed by atoms with Crippen molar-refractivity contribution >= 4 is 34.3 Å². The number of piperidine rings is 1. The van der Waals surface area contributed by atoms with Gasteiger partial charge in [-0.15, -0.1) is 16.8 Å². The molecule has 3 aromatic rings. The number of para-hydroxylation sites is 1. The van der Waals surface area contributed by atoms with Crippen molar-refractivity contribution in [2.45, 2.75) is 50.4 Å². The number of hydrogen-bond donors (Lipinski definition) is 0. The molecule has 7 nitrogen and oxygen atoms in total. The molecule has 4 rings (SSSR count). The standard InChI is InChI=1S/C21H25N5O2S/c1-3-12-25-19(28)16-10-5-6-11-17(16)26-20(25)22-23-21(26)29-14-18(27)24-13-8-7-9-15(24)4-2/h3,5-6,10-11,15H,1,4,7-9,12-14H2,2H3/t15-/m1/s1. The lowest BCUT2D eigenvalue weighted by Gasteiger charge is -2.35. The monoisotopic (exact) mass is 411 g/mol. The number of rotatable bonds is 6. The Bertz CT molecular complexity index is 1120. The summed E-state index contributed by atoms with van der Waals surface area (Å²) >= 11 is 1.38. The van der Waals surface area contributed by atoms with Crippen molar-refractivity contribution in [3.8, 4) is 0 Å². The van der Waals surface area contributed by atoms with Crippen molar-refractivity contribution < 1.29 is 4.79 Å². The summed E-state index contributed by atoms with van der Waals surface area (Å²) in [7, 11) is 0. The number of hydrogen-bond acceptors (Lipinski definition) is 5. The highest BCUT2D eigenvalue weighted by Crippen LogP contribution is 2.24. The minimum absolute atomic E-state index is 0.118. The van der Waals surface area contributed by atoms with Gasteiger partial charge in [0.1, 0.15) is 0 Å². The van der Waals surface area contributed by atoms with E-state index in [0.717, 1.165) is 31.3 Å². The summed E-state index contributed by atoms with van der Waals surface area (Å²) in [6.45, 7) is 7.07. The molecule has 0 N–H and O–H groups in total. The summed E-state index contributed by atoms with van der Waals surface area (Å²) in [5, 5.41) is 9.76. The molecule has 3 heterocycles. The zero-order valence-electron chi connectivity index (χ0n) is 16.6. The van der Waals surface area contributed by atoms with Gasteiger partial charge in [0.15, 0.2) is 5.16 Å². The van der Waals surface area contributed by atoms with E-state index in [1.807, 2.05) is 27.5 Å². The first-order chi connectivity index (χ1) is 14.2. The first-order valence-corrected chi connectivity index (χ1v) is 11.0. The van der Waals surface area contributed by atoms with Crippen molar-refractivity contribution in [2.75, 3.05) is 12.3 Å². The normalized spacial score (nSPS) is 17.1. The van der Waals surface area contributed by atoms with E-state index in [1.165, 1.54) is 18.2 Å². The average Bonchev–Trinajstić information content (AvgIpc) is 3.19. The van der Waals surface area contributed by atoms with Crippen LogP contribution in [0.25, 0.3) is 16.7 Å². The van der Waals surface area contributed by atoms with Crippen LogP contribution < -0.4 is 5.56 Å². The van der Waals surface area contributed by atoms with E-state index in [1.54, 1.807) is 16.7 Å². The number of nitrogens with zero attached hydrogens (tertiary/aromatic N) is 5. The van der Waals surface area contributed by atoms with E-state index in [2.05, 4.69) is 23.7 Å². The van der Waals surface area contributed by atoms with Crippen LogP contribution in [0.4, 0.5) is 0 Å². The molecule has 2 aromatic heterocycles. The Kier molecular flexibility index (Phi) is 5.71. The summed E-state index contributed by atoms with van der Waals surface area (Å²) < 4.78 is 3.43. The van der Waals surface area contributed by atoms with Gasteiger partial charge in [-0.25, -0.2) is 0 Å². The quantitative estimate of drug-likeness (QED) is 0.460. The van der Waals surface area contributed by atoms with Crippen LogP contribution in [0.15, 0.2) is 46.9 Å². The Morgan fingerprint density at radius 1 is 1.31 bits per heavy atom. The Morgan fingerprint density at radius 3 is 2.93 bits per heavy atom. The van der Waals surface area contributed by atoms with Crippen molar-refractivity contribution in [2.24, 2.45) is 0 Å². The second-order valence-corrected chi connectivity index (χ2v) is 8.22. The fourth-order valence-corrected chi connectivity index (χ4v) is 4.91. The highest BCUT2D eigenvalue weighted by atomic mass is 32.2. The van der Waals surface area contributed by atoms with Crippen molar-refractivity contribution in [3.63, 3.8) is 0 Å². The third kappa shape index (κ3) is 3.57. The molecule has 152 valence electrons. The molecular weight excluding hydrogens is 386 g/mol. The summed E-state index contributed by atoms with van der Waals surface area (Å²) in [5.41, 5.74) is 0.629. The molecule has 1 fully saturated rings. The van der Waals surface area contributed by atoms with Gasteiger partial charge in [0.2, 0.25) is 11.7 Å². The van der Waals surface area contributed by atoms with E-state index in [-0.39, 0.29) is 11.5 Å². The second-order valence-electron chi connectivity index (χ2n) is 7.27. The van der Waals surface area contributed by atoms with Gasteiger partial charge in [-0.05, 0) is 37.8 Å². The topological polar surface area (TPSA) is 72.5 Å². The smallest absolute Gasteiger partial charge is 0.263 e. The highest BCUT2D eigenvalue weighted by Gasteiger charge is 2.26. The number of carbonyl (C=O) groups excluding carboxylic acids is 1. The number of thioether (sulfide) groups is 1. The fourth-order valence-electron chi connectivity index (χ4n) is 4.08. The van der Waals surface area contributed by atoms with E-state index in [4.69, 9.17) is 0 Å². The molecule has 1 atom stereocenters. The van der Waals surface area contributed by atoms with Crippen LogP contribution in [0, 0.1) is 0 Å². The van der Waals surface area contributed by atoms with E-state index in [9.17, 15) is 9.59 Å². The first-order valence-electron chi connectivity index (χ1n) is 10.1. The number of benzene rings is 1. The third-order valence-electron chi connectivity index (χ3n) is 5.53. The maximum absolute atomic E-state index is 12.9. The molecule has 1 saturated heterocycles. The van der Waals surface area contributed by atoms with Crippen LogP contribution >= 0.6 is 11.8 Å². The van der Waals surface area contributed by atoms with E-state index < -0.39 is 0 Å². The minimum atomic E-state index is -0.118. The predicted octanol–water partition coefficient (Wildman–Crippen LogP) is 3.11. The number of carbonyl (C=O) groups is 1. The molecule has 1 aliphatic rings. The predicted molar refractivity (Wildman–Crippen MR) is 115 cm³/mol. The largest absolute Gasteiger partial charge is 0.339 e. The molecule has 1 aliphatic heterocycles. The Hall–Kier alpha value is -2.61. The third-order valence-corrected chi connectivity index (χ3v) is 6.45. The lowest BCUT2D eigenvalue weighted by molar-refractivity contribution is -0.132. The number of likely N-dealkylation sites (tertiary alicyclic amines) is 1. The maximum Gasteiger partial charge on any atom is 0.263 e. The molecular formula is C21H25N5O2S. The molecule has 29 heavy (non-hydrogen) atoms. The molecule has 0 bridgehead atoms. The average molecular weight is 412 g/mol. The minimum Gasteiger partial charge on any atom is -0.339 e. The number of aromatic nitrogens is 4. The van der Waals surface area contributed by atoms with Crippen LogP contribution in [-0.2, 0) is 11.3 Å². The molecule has 1 aromatic carbocycles. The molecule has 0 unspecified atom stereocenters. The summed E-state index contributed by atoms with van der Waals surface area (Å²) in [5.74, 6) is 0.918. The van der Waals surface area contributed by atoms with Gasteiger partial charge in [0.05, 0.1) is 16.7 Å². The lowest BCUT2D eigenvalue weighted by atomic mass is 10.0. The van der Waals surface area contributed by atoms with Crippen LogP contribution in [0.2, 0.25) is 0 Å². The van der Waals surface area contributed by atoms with Gasteiger partial charge < -0.3 is 4.90 Å². The van der Waals surface area contributed by atoms with Crippen molar-refractivity contribution in [1.29, 1.82) is 0 Å². The Morgan fingerprint density at radius 2 is 2.14 bits per heavy atom. The second kappa shape index (κ2) is 8.41. The zero-order valence-corrected chi connectivity index (χ0v) is 17.4. The summed E-state index contributed by atoms with van der Waals surface area (Å²) in [6, 6.07) is 7.75. The van der Waals surface area contributed by atoms with Gasteiger partial charge in [0, 0.05) is 19.1 Å². The number of amides is 1. The molecule has 0 radical (unpaired) electrons. The molecule has 0 spiro atoms. The fraction of sp³-hybridized carbons (Fsp3) is 0.429. The highest BCUT2D eigenvalue weighted by molar-refractivity contribution is 7.99. The maximum atomic E-state index is 12.9. The van der Waals surface area contributed by atoms with Gasteiger partial charge >= 0.3 is 0 Å². The zero-order chi connectivity index (χ0) is 20.4. The molecule has 0 aliphatic carbocycles. The SMILES string of the molecule is C=CCn1c(=O)c2ccccc2n2c(SCC(=O)N3CCCC[C@H]3CC)nnc12. The van der Waals surface area contributed by atoms with Gasteiger partial charge in [-0.2, -0.15) is 0 Å². The van der Waals surface area contributed by atoms with Gasteiger partial charge in [-0.3, -0.25) is 18.6 Å². The van der Waals surface area contributed by atoms with Crippen molar-refractivity contribution in [3.05, 3.63) is 47.3 Å². The van der Waals surface area contributed by atoms with Crippen LogP contribution in [0.1, 0.15) is 32.6 Å². The van der Waals surface area contributed by atoms with Crippen LogP contribution in [-0.4, -0.2) is 48.3 Å². The summed E-state index contributed by atoms with van der Waals surface area (Å²) in [6.07, 6.45) is 6.00. The first kappa shape index (κ1) is 19.7. The number of fused-ring (bicyclic) bond motifs is 3. The van der Waals surface area contributed by atoms with E-state index >= 15 is 0 Å². The molecule has 0 saturated carbocycles.